The molecule has 0 saturated carbocycles. The molecule has 0 bridgehead atoms. The number of ether oxygens (including phenoxy) is 1. The molecule has 2 heterocycles. The third kappa shape index (κ3) is 4.35. The maximum absolute atomic E-state index is 8.88. The van der Waals surface area contributed by atoms with Crippen molar-refractivity contribution in [2.24, 2.45) is 7.05 Å². The van der Waals surface area contributed by atoms with Gasteiger partial charge in [0.1, 0.15) is 11.8 Å². The Morgan fingerprint density at radius 2 is 2.21 bits per heavy atom. The second kappa shape index (κ2) is 7.29. The highest BCUT2D eigenvalue weighted by atomic mass is 16.5. The SMILES string of the molecule is Cn1cc(CNCCCN2CCOCC2)cc1C#N. The van der Waals surface area contributed by atoms with E-state index in [-0.39, 0.29) is 0 Å². The molecule has 0 spiro atoms. The summed E-state index contributed by atoms with van der Waals surface area (Å²) in [5, 5.41) is 12.3. The van der Waals surface area contributed by atoms with Gasteiger partial charge in [-0.3, -0.25) is 4.90 Å². The number of hydrogen-bond acceptors (Lipinski definition) is 4. The van der Waals surface area contributed by atoms with Gasteiger partial charge < -0.3 is 14.6 Å². The molecule has 1 N–H and O–H groups in total. The lowest BCUT2D eigenvalue weighted by Crippen LogP contribution is -2.37. The van der Waals surface area contributed by atoms with Crippen LogP contribution in [0.3, 0.4) is 0 Å². The molecule has 0 radical (unpaired) electrons. The second-order valence-electron chi connectivity index (χ2n) is 4.94. The van der Waals surface area contributed by atoms with Crippen molar-refractivity contribution in [2.75, 3.05) is 39.4 Å². The van der Waals surface area contributed by atoms with Crippen LogP contribution in [0, 0.1) is 11.3 Å². The fourth-order valence-corrected chi connectivity index (χ4v) is 2.33. The highest BCUT2D eigenvalue weighted by Gasteiger charge is 2.09. The molecule has 1 aliphatic heterocycles. The van der Waals surface area contributed by atoms with E-state index in [0.29, 0.717) is 5.69 Å². The molecule has 5 heteroatoms. The molecule has 1 aromatic rings. The van der Waals surface area contributed by atoms with Crippen molar-refractivity contribution in [1.82, 2.24) is 14.8 Å². The molecule has 1 saturated heterocycles. The number of nitrogens with one attached hydrogen (secondary N) is 1. The minimum absolute atomic E-state index is 0.713. The molecule has 0 aliphatic carbocycles. The number of morpholine rings is 1. The van der Waals surface area contributed by atoms with E-state index < -0.39 is 0 Å². The largest absolute Gasteiger partial charge is 0.379 e. The number of aromatic nitrogens is 1. The van der Waals surface area contributed by atoms with Gasteiger partial charge in [0.15, 0.2) is 0 Å². The topological polar surface area (TPSA) is 53.2 Å². The lowest BCUT2D eigenvalue weighted by Gasteiger charge is -2.26. The maximum atomic E-state index is 8.88. The summed E-state index contributed by atoms with van der Waals surface area (Å²) in [5.74, 6) is 0. The standard InChI is InChI=1S/C14H22N4O/c1-17-12-13(9-14(17)10-15)11-16-3-2-4-18-5-7-19-8-6-18/h9,12,16H,2-8,11H2,1H3. The van der Waals surface area contributed by atoms with Crippen molar-refractivity contribution in [1.29, 1.82) is 5.26 Å². The quantitative estimate of drug-likeness (QED) is 0.767. The van der Waals surface area contributed by atoms with E-state index in [2.05, 4.69) is 16.3 Å². The van der Waals surface area contributed by atoms with E-state index in [0.717, 1.165) is 52.4 Å². The van der Waals surface area contributed by atoms with Crippen LogP contribution in [0.15, 0.2) is 12.3 Å². The van der Waals surface area contributed by atoms with Crippen LogP contribution in [0.5, 0.6) is 0 Å². The van der Waals surface area contributed by atoms with Gasteiger partial charge in [-0.1, -0.05) is 0 Å². The van der Waals surface area contributed by atoms with Crippen molar-refractivity contribution < 1.29 is 4.74 Å². The van der Waals surface area contributed by atoms with E-state index in [1.165, 1.54) is 5.56 Å². The van der Waals surface area contributed by atoms with Crippen LogP contribution in [0.4, 0.5) is 0 Å². The van der Waals surface area contributed by atoms with Gasteiger partial charge >= 0.3 is 0 Å². The minimum atomic E-state index is 0.713. The predicted octanol–water partition coefficient (Wildman–Crippen LogP) is 0.709. The molecule has 19 heavy (non-hydrogen) atoms. The molecule has 1 aliphatic rings. The van der Waals surface area contributed by atoms with E-state index in [1.807, 2.05) is 23.9 Å². The van der Waals surface area contributed by atoms with Crippen LogP contribution in [0.25, 0.3) is 0 Å². The Balaban J connectivity index is 1.59. The summed E-state index contributed by atoms with van der Waals surface area (Å²) >= 11 is 0. The Bertz CT molecular complexity index is 429. The summed E-state index contributed by atoms with van der Waals surface area (Å²) < 4.78 is 7.19. The fourth-order valence-electron chi connectivity index (χ4n) is 2.33. The highest BCUT2D eigenvalue weighted by Crippen LogP contribution is 2.05. The molecule has 0 atom stereocenters. The number of hydrogen-bond donors (Lipinski definition) is 1. The molecular formula is C14H22N4O. The zero-order chi connectivity index (χ0) is 13.5. The first-order valence-electron chi connectivity index (χ1n) is 6.86. The van der Waals surface area contributed by atoms with Gasteiger partial charge in [-0.05, 0) is 31.1 Å². The van der Waals surface area contributed by atoms with E-state index in [1.54, 1.807) is 0 Å². The lowest BCUT2D eigenvalue weighted by molar-refractivity contribution is 0.0374. The van der Waals surface area contributed by atoms with Crippen LogP contribution in [-0.2, 0) is 18.3 Å². The molecule has 1 fully saturated rings. The molecular weight excluding hydrogens is 240 g/mol. The zero-order valence-corrected chi connectivity index (χ0v) is 11.6. The number of nitriles is 1. The summed E-state index contributed by atoms with van der Waals surface area (Å²) in [6.07, 6.45) is 3.16. The smallest absolute Gasteiger partial charge is 0.120 e. The van der Waals surface area contributed by atoms with Crippen molar-refractivity contribution in [2.45, 2.75) is 13.0 Å². The van der Waals surface area contributed by atoms with Crippen molar-refractivity contribution >= 4 is 0 Å². The number of nitrogens with zero attached hydrogens (tertiary/aromatic N) is 3. The predicted molar refractivity (Wildman–Crippen MR) is 73.7 cm³/mol. The summed E-state index contributed by atoms with van der Waals surface area (Å²) in [6, 6.07) is 4.12. The molecule has 104 valence electrons. The Morgan fingerprint density at radius 1 is 1.42 bits per heavy atom. The van der Waals surface area contributed by atoms with Gasteiger partial charge in [0.05, 0.1) is 13.2 Å². The average molecular weight is 262 g/mol. The van der Waals surface area contributed by atoms with Crippen molar-refractivity contribution in [3.05, 3.63) is 23.5 Å². The summed E-state index contributed by atoms with van der Waals surface area (Å²) in [7, 11) is 1.90. The third-order valence-electron chi connectivity index (χ3n) is 3.44. The Kier molecular flexibility index (Phi) is 5.40. The highest BCUT2D eigenvalue weighted by molar-refractivity contribution is 5.28. The minimum Gasteiger partial charge on any atom is -0.379 e. The van der Waals surface area contributed by atoms with E-state index in [4.69, 9.17) is 10.00 Å². The number of aryl methyl sites for hydroxylation is 1. The number of rotatable bonds is 6. The first kappa shape index (κ1) is 14.1. The normalized spacial score (nSPS) is 16.4. The van der Waals surface area contributed by atoms with Gasteiger partial charge in [0.25, 0.3) is 0 Å². The molecule has 2 rings (SSSR count). The summed E-state index contributed by atoms with van der Waals surface area (Å²) in [5.41, 5.74) is 1.88. The van der Waals surface area contributed by atoms with Crippen molar-refractivity contribution in [3.8, 4) is 6.07 Å². The zero-order valence-electron chi connectivity index (χ0n) is 11.6. The van der Waals surface area contributed by atoms with Gasteiger partial charge in [-0.2, -0.15) is 5.26 Å². The van der Waals surface area contributed by atoms with E-state index >= 15 is 0 Å². The Morgan fingerprint density at radius 3 is 2.89 bits per heavy atom. The first-order valence-corrected chi connectivity index (χ1v) is 6.86. The van der Waals surface area contributed by atoms with Crippen LogP contribution < -0.4 is 5.32 Å². The molecule has 0 amide bonds. The first-order chi connectivity index (χ1) is 9.29. The molecule has 5 nitrogen and oxygen atoms in total. The Labute approximate surface area is 114 Å². The van der Waals surface area contributed by atoms with Gasteiger partial charge in [0.2, 0.25) is 0 Å². The van der Waals surface area contributed by atoms with Gasteiger partial charge in [0, 0.05) is 32.9 Å². The fraction of sp³-hybridized carbons (Fsp3) is 0.643. The van der Waals surface area contributed by atoms with Crippen LogP contribution in [0.1, 0.15) is 17.7 Å². The van der Waals surface area contributed by atoms with Gasteiger partial charge in [-0.25, -0.2) is 0 Å². The molecule has 0 unspecified atom stereocenters. The average Bonchev–Trinajstić information content (AvgIpc) is 2.80. The van der Waals surface area contributed by atoms with E-state index in [9.17, 15) is 0 Å². The summed E-state index contributed by atoms with van der Waals surface area (Å²) in [4.78, 5) is 2.45. The Hall–Kier alpha value is -1.35. The second-order valence-corrected chi connectivity index (χ2v) is 4.94. The van der Waals surface area contributed by atoms with Crippen LogP contribution >= 0.6 is 0 Å². The lowest BCUT2D eigenvalue weighted by atomic mass is 10.3. The van der Waals surface area contributed by atoms with Crippen LogP contribution in [-0.4, -0.2) is 48.9 Å². The maximum Gasteiger partial charge on any atom is 0.120 e. The summed E-state index contributed by atoms with van der Waals surface area (Å²) in [6.45, 7) is 6.83. The van der Waals surface area contributed by atoms with Crippen molar-refractivity contribution in [3.63, 3.8) is 0 Å². The monoisotopic (exact) mass is 262 g/mol. The third-order valence-corrected chi connectivity index (χ3v) is 3.44. The molecule has 1 aromatic heterocycles. The van der Waals surface area contributed by atoms with Crippen LogP contribution in [0.2, 0.25) is 0 Å². The molecule has 0 aromatic carbocycles. The van der Waals surface area contributed by atoms with Gasteiger partial charge in [-0.15, -0.1) is 0 Å².